The molecule has 0 fully saturated rings. The summed E-state index contributed by atoms with van der Waals surface area (Å²) in [6.45, 7) is 8.75. The summed E-state index contributed by atoms with van der Waals surface area (Å²) in [5.41, 5.74) is 3.64. The quantitative estimate of drug-likeness (QED) is 0.388. The number of oxime groups is 1. The summed E-state index contributed by atoms with van der Waals surface area (Å²) in [6, 6.07) is 6.38. The van der Waals surface area contributed by atoms with Crippen LogP contribution < -0.4 is 4.57 Å². The molecule has 0 unspecified atom stereocenters. The third-order valence-electron chi connectivity index (χ3n) is 4.39. The number of nitrogens with zero attached hydrogens (tertiary/aromatic N) is 2. The summed E-state index contributed by atoms with van der Waals surface area (Å²) in [7, 11) is -0.325. The highest BCUT2D eigenvalue weighted by Crippen LogP contribution is 2.34. The van der Waals surface area contributed by atoms with Crippen molar-refractivity contribution >= 4 is 25.5 Å². The van der Waals surface area contributed by atoms with E-state index in [0.29, 0.717) is 5.71 Å². The van der Waals surface area contributed by atoms with E-state index in [1.165, 1.54) is 44.8 Å². The van der Waals surface area contributed by atoms with E-state index in [1.54, 1.807) is 0 Å². The smallest absolute Gasteiger partial charge is 0.273 e. The summed E-state index contributed by atoms with van der Waals surface area (Å²) in [5, 5.41) is 4.02. The first-order valence-electron chi connectivity index (χ1n) is 8.99. The summed E-state index contributed by atoms with van der Waals surface area (Å²) >= 11 is 0. The van der Waals surface area contributed by atoms with Gasteiger partial charge in [-0.3, -0.25) is 4.79 Å². The van der Waals surface area contributed by atoms with E-state index < -0.39 is 8.24 Å². The Morgan fingerprint density at radius 3 is 2.46 bits per heavy atom. The van der Waals surface area contributed by atoms with Gasteiger partial charge in [-0.25, -0.2) is 0 Å². The molecule has 0 spiro atoms. The average Bonchev–Trinajstić information content (AvgIpc) is 2.79. The Kier molecular flexibility index (Phi) is 6.21. The lowest BCUT2D eigenvalue weighted by molar-refractivity contribution is -0.111. The Bertz CT molecular complexity index is 620. The number of rotatable bonds is 8. The van der Waals surface area contributed by atoms with Crippen molar-refractivity contribution in [2.45, 2.75) is 65.1 Å². The van der Waals surface area contributed by atoms with Crippen LogP contribution in [0.5, 0.6) is 0 Å². The highest BCUT2D eigenvalue weighted by atomic mass is 28.3. The minimum absolute atomic E-state index is 0.0221. The van der Waals surface area contributed by atoms with Gasteiger partial charge in [0.15, 0.2) is 13.9 Å². The zero-order valence-corrected chi connectivity index (χ0v) is 16.7. The number of unbranched alkanes of at least 4 members (excludes halogenated alkanes) is 4. The van der Waals surface area contributed by atoms with Gasteiger partial charge in [0.25, 0.3) is 5.91 Å². The first kappa shape index (κ1) is 18.7. The topological polar surface area (TPSA) is 41.9 Å². The van der Waals surface area contributed by atoms with Crippen LogP contribution in [0, 0.1) is 0 Å². The molecule has 0 N–H and O–H groups in total. The van der Waals surface area contributed by atoms with Crippen LogP contribution in [0.1, 0.15) is 50.2 Å². The molecule has 0 bridgehead atoms. The largest absolute Gasteiger partial charge is 0.398 e. The molecule has 0 aliphatic carbocycles. The van der Waals surface area contributed by atoms with Crippen LogP contribution in [0.25, 0.3) is 0 Å². The highest BCUT2D eigenvalue weighted by Gasteiger charge is 2.41. The fourth-order valence-electron chi connectivity index (χ4n) is 3.23. The Morgan fingerprint density at radius 1 is 1.12 bits per heavy atom. The standard InChI is InChI=1S/C19H30N2O2Si/c1-6-7-8-9-10-11-15-12-13-17-16(14-15)18(20-23-2)19(22)21(17)24(3,4)5/h12-14H,6-11H2,1-5H3/b20-18-. The Morgan fingerprint density at radius 2 is 1.83 bits per heavy atom. The van der Waals surface area contributed by atoms with Crippen LogP contribution in [-0.2, 0) is 16.1 Å². The number of hydrogen-bond acceptors (Lipinski definition) is 3. The second kappa shape index (κ2) is 7.97. The number of hydrogen-bond donors (Lipinski definition) is 0. The van der Waals surface area contributed by atoms with Crippen LogP contribution in [0.4, 0.5) is 5.69 Å². The normalized spacial score (nSPS) is 16.0. The fraction of sp³-hybridized carbons (Fsp3) is 0.579. The minimum Gasteiger partial charge on any atom is -0.398 e. The molecule has 1 heterocycles. The van der Waals surface area contributed by atoms with Crippen molar-refractivity contribution in [2.75, 3.05) is 11.7 Å². The van der Waals surface area contributed by atoms with Crippen molar-refractivity contribution < 1.29 is 9.63 Å². The highest BCUT2D eigenvalue weighted by molar-refractivity contribution is 6.87. The third-order valence-corrected chi connectivity index (χ3v) is 6.17. The van der Waals surface area contributed by atoms with E-state index in [1.807, 2.05) is 4.57 Å². The second-order valence-corrected chi connectivity index (χ2v) is 12.2. The number of fused-ring (bicyclic) bond motifs is 1. The van der Waals surface area contributed by atoms with Gasteiger partial charge in [-0.2, -0.15) is 0 Å². The third kappa shape index (κ3) is 4.07. The van der Waals surface area contributed by atoms with Crippen molar-refractivity contribution in [3.8, 4) is 0 Å². The van der Waals surface area contributed by atoms with Crippen LogP contribution in [0.2, 0.25) is 19.6 Å². The minimum atomic E-state index is -1.82. The second-order valence-electron chi connectivity index (χ2n) is 7.45. The molecule has 4 nitrogen and oxygen atoms in total. The molecule has 1 amide bonds. The summed E-state index contributed by atoms with van der Waals surface area (Å²) in [4.78, 5) is 17.7. The predicted molar refractivity (Wildman–Crippen MR) is 103 cm³/mol. The zero-order chi connectivity index (χ0) is 17.7. The number of amides is 1. The van der Waals surface area contributed by atoms with Gasteiger partial charge in [0.1, 0.15) is 7.11 Å². The van der Waals surface area contributed by atoms with E-state index in [2.05, 4.69) is 49.9 Å². The van der Waals surface area contributed by atoms with E-state index in [0.717, 1.165) is 17.7 Å². The lowest BCUT2D eigenvalue weighted by Crippen LogP contribution is -2.49. The van der Waals surface area contributed by atoms with E-state index in [9.17, 15) is 4.79 Å². The maximum Gasteiger partial charge on any atom is 0.273 e. The van der Waals surface area contributed by atoms with Crippen molar-refractivity contribution in [3.63, 3.8) is 0 Å². The molecule has 0 saturated carbocycles. The maximum absolute atomic E-state index is 12.8. The van der Waals surface area contributed by atoms with Gasteiger partial charge < -0.3 is 9.40 Å². The SMILES string of the molecule is CCCCCCCc1ccc2c(c1)/C(=N/OC)C(=O)N2[Si](C)(C)C. The first-order valence-corrected chi connectivity index (χ1v) is 12.4. The lowest BCUT2D eigenvalue weighted by atomic mass is 10.0. The van der Waals surface area contributed by atoms with Crippen molar-refractivity contribution in [1.82, 2.24) is 0 Å². The van der Waals surface area contributed by atoms with Crippen LogP contribution in [-0.4, -0.2) is 27.0 Å². The number of anilines is 1. The molecule has 1 aliphatic heterocycles. The van der Waals surface area contributed by atoms with Gasteiger partial charge in [-0.05, 0) is 30.5 Å². The van der Waals surface area contributed by atoms with E-state index >= 15 is 0 Å². The maximum atomic E-state index is 12.8. The molecule has 132 valence electrons. The van der Waals surface area contributed by atoms with Crippen molar-refractivity contribution in [3.05, 3.63) is 29.3 Å². The van der Waals surface area contributed by atoms with Crippen LogP contribution in [0.15, 0.2) is 23.4 Å². The Balaban J connectivity index is 2.23. The first-order chi connectivity index (χ1) is 11.4. The molecule has 0 atom stereocenters. The lowest BCUT2D eigenvalue weighted by Gasteiger charge is -2.30. The monoisotopic (exact) mass is 346 g/mol. The molecule has 1 aromatic rings. The molecule has 5 heteroatoms. The number of benzene rings is 1. The van der Waals surface area contributed by atoms with Crippen LogP contribution >= 0.6 is 0 Å². The van der Waals surface area contributed by atoms with Gasteiger partial charge >= 0.3 is 0 Å². The Labute approximate surface area is 147 Å². The molecule has 1 aromatic carbocycles. The fourth-order valence-corrected chi connectivity index (χ4v) is 4.86. The van der Waals surface area contributed by atoms with Crippen LogP contribution in [0.3, 0.4) is 0 Å². The van der Waals surface area contributed by atoms with E-state index in [4.69, 9.17) is 4.84 Å². The predicted octanol–water partition coefficient (Wildman–Crippen LogP) is 4.73. The van der Waals surface area contributed by atoms with Gasteiger partial charge in [-0.15, -0.1) is 0 Å². The molecule has 24 heavy (non-hydrogen) atoms. The molecule has 1 aliphatic rings. The molecule has 0 radical (unpaired) electrons. The van der Waals surface area contributed by atoms with Crippen molar-refractivity contribution in [2.24, 2.45) is 5.16 Å². The van der Waals surface area contributed by atoms with E-state index in [-0.39, 0.29) is 5.91 Å². The molecule has 0 aromatic heterocycles. The number of aryl methyl sites for hydroxylation is 1. The Hall–Kier alpha value is -1.62. The summed E-state index contributed by atoms with van der Waals surface area (Å²) < 4.78 is 1.95. The number of carbonyl (C=O) groups excluding carboxylic acids is 1. The summed E-state index contributed by atoms with van der Waals surface area (Å²) in [6.07, 6.45) is 7.40. The zero-order valence-electron chi connectivity index (χ0n) is 15.7. The van der Waals surface area contributed by atoms with Gasteiger partial charge in [0.05, 0.1) is 0 Å². The van der Waals surface area contributed by atoms with Gasteiger partial charge in [0, 0.05) is 11.3 Å². The van der Waals surface area contributed by atoms with Crippen molar-refractivity contribution in [1.29, 1.82) is 0 Å². The number of carbonyl (C=O) groups is 1. The molecular formula is C19H30N2O2Si. The molecular weight excluding hydrogens is 316 g/mol. The molecule has 2 rings (SSSR count). The van der Waals surface area contributed by atoms with Gasteiger partial charge in [0.2, 0.25) is 0 Å². The summed E-state index contributed by atoms with van der Waals surface area (Å²) in [5.74, 6) is -0.0221. The average molecular weight is 347 g/mol. The molecule has 0 saturated heterocycles. The van der Waals surface area contributed by atoms with Gasteiger partial charge in [-0.1, -0.05) is 63.5 Å².